The van der Waals surface area contributed by atoms with Crippen molar-refractivity contribution in [3.8, 4) is 0 Å². The molecule has 2 rings (SSSR count). The number of halogens is 1. The number of aromatic nitrogens is 2. The molecule has 0 aliphatic heterocycles. The van der Waals surface area contributed by atoms with Crippen LogP contribution in [0, 0.1) is 5.92 Å². The van der Waals surface area contributed by atoms with Crippen molar-refractivity contribution >= 4 is 41.0 Å². The number of carbonyl (C=O) groups excluding carboxylic acids is 1. The van der Waals surface area contributed by atoms with E-state index in [2.05, 4.69) is 23.8 Å². The molecule has 1 aromatic carbocycles. The van der Waals surface area contributed by atoms with Gasteiger partial charge in [0.1, 0.15) is 5.82 Å². The highest BCUT2D eigenvalue weighted by Crippen LogP contribution is 2.13. The summed E-state index contributed by atoms with van der Waals surface area (Å²) in [6.45, 7) is 4.87. The molecular formula is C19H29ClN4O2S. The van der Waals surface area contributed by atoms with E-state index >= 15 is 0 Å². The minimum atomic E-state index is -0.122. The number of rotatable bonds is 9. The third-order valence-electron chi connectivity index (χ3n) is 4.44. The monoisotopic (exact) mass is 412 g/mol. The molecule has 150 valence electrons. The predicted molar refractivity (Wildman–Crippen MR) is 115 cm³/mol. The number of para-hydroxylation sites is 1. The molecule has 1 atom stereocenters. The van der Waals surface area contributed by atoms with Crippen LogP contribution in [0.2, 0.25) is 0 Å². The van der Waals surface area contributed by atoms with Crippen LogP contribution < -0.4 is 11.3 Å². The van der Waals surface area contributed by atoms with Gasteiger partial charge in [-0.1, -0.05) is 26.0 Å². The third kappa shape index (κ3) is 7.16. The summed E-state index contributed by atoms with van der Waals surface area (Å²) in [6, 6.07) is 7.40. The second-order valence-electron chi connectivity index (χ2n) is 6.84. The molecule has 0 saturated carbocycles. The van der Waals surface area contributed by atoms with Crippen molar-refractivity contribution in [2.45, 2.75) is 38.5 Å². The first-order valence-corrected chi connectivity index (χ1v) is 10.1. The normalized spacial score (nSPS) is 12.0. The minimum Gasteiger partial charge on any atom is -0.346 e. The van der Waals surface area contributed by atoms with E-state index < -0.39 is 0 Å². The molecule has 1 unspecified atom stereocenters. The number of nitrogens with one attached hydrogen (secondary N) is 1. The molecule has 0 saturated heterocycles. The summed E-state index contributed by atoms with van der Waals surface area (Å²) in [6.07, 6.45) is 1.28. The van der Waals surface area contributed by atoms with E-state index in [1.165, 1.54) is 0 Å². The molecule has 6 nitrogen and oxygen atoms in total. The highest BCUT2D eigenvalue weighted by molar-refractivity contribution is 7.98. The van der Waals surface area contributed by atoms with Gasteiger partial charge in [0.15, 0.2) is 0 Å². The number of nitrogens with zero attached hydrogens (tertiary/aromatic N) is 2. The summed E-state index contributed by atoms with van der Waals surface area (Å²) in [5.41, 5.74) is 6.60. The number of hydrogen-bond acceptors (Lipinski definition) is 5. The van der Waals surface area contributed by atoms with Crippen LogP contribution in [0.3, 0.4) is 0 Å². The van der Waals surface area contributed by atoms with E-state index in [0.29, 0.717) is 47.1 Å². The summed E-state index contributed by atoms with van der Waals surface area (Å²) in [7, 11) is 1.82. The Morgan fingerprint density at radius 3 is 2.74 bits per heavy atom. The molecule has 0 spiro atoms. The van der Waals surface area contributed by atoms with Gasteiger partial charge in [0.2, 0.25) is 5.91 Å². The van der Waals surface area contributed by atoms with Crippen LogP contribution in [0.15, 0.2) is 29.1 Å². The van der Waals surface area contributed by atoms with Gasteiger partial charge < -0.3 is 15.6 Å². The van der Waals surface area contributed by atoms with Crippen LogP contribution in [-0.2, 0) is 10.5 Å². The summed E-state index contributed by atoms with van der Waals surface area (Å²) in [5.74, 6) is 2.45. The molecule has 2 aromatic rings. The number of carbonyl (C=O) groups is 1. The average Bonchev–Trinajstić information content (AvgIpc) is 2.62. The Hall–Kier alpha value is -1.57. The average molecular weight is 413 g/mol. The molecule has 8 heteroatoms. The van der Waals surface area contributed by atoms with Gasteiger partial charge in [-0.25, -0.2) is 4.98 Å². The summed E-state index contributed by atoms with van der Waals surface area (Å²) in [4.78, 5) is 33.2. The van der Waals surface area contributed by atoms with Crippen molar-refractivity contribution in [2.75, 3.05) is 19.3 Å². The smallest absolute Gasteiger partial charge is 0.258 e. The number of aromatic amines is 1. The van der Waals surface area contributed by atoms with Crippen LogP contribution in [0.4, 0.5) is 0 Å². The first-order valence-electron chi connectivity index (χ1n) is 8.93. The van der Waals surface area contributed by atoms with Gasteiger partial charge in [-0.3, -0.25) is 9.59 Å². The maximum absolute atomic E-state index is 12.2. The zero-order chi connectivity index (χ0) is 19.1. The van der Waals surface area contributed by atoms with Gasteiger partial charge >= 0.3 is 0 Å². The lowest BCUT2D eigenvalue weighted by atomic mass is 10.0. The Kier molecular flexibility index (Phi) is 9.83. The third-order valence-corrected chi connectivity index (χ3v) is 5.41. The Morgan fingerprint density at radius 2 is 2.04 bits per heavy atom. The van der Waals surface area contributed by atoms with Crippen LogP contribution in [0.5, 0.6) is 0 Å². The fraction of sp³-hybridized carbons (Fsp3) is 0.526. The van der Waals surface area contributed by atoms with Crippen LogP contribution >= 0.6 is 24.2 Å². The maximum atomic E-state index is 12.2. The Balaban J connectivity index is 0.00000364. The van der Waals surface area contributed by atoms with Crippen LogP contribution in [0.25, 0.3) is 10.9 Å². The lowest BCUT2D eigenvalue weighted by Gasteiger charge is -2.21. The summed E-state index contributed by atoms with van der Waals surface area (Å²) in [5, 5.41) is 0.595. The van der Waals surface area contributed by atoms with Gasteiger partial charge in [-0.05, 0) is 24.5 Å². The molecule has 1 amide bonds. The van der Waals surface area contributed by atoms with Gasteiger partial charge in [-0.2, -0.15) is 11.8 Å². The molecule has 1 heterocycles. The van der Waals surface area contributed by atoms with E-state index in [0.717, 1.165) is 6.42 Å². The van der Waals surface area contributed by atoms with E-state index in [-0.39, 0.29) is 29.9 Å². The molecule has 0 aliphatic carbocycles. The lowest BCUT2D eigenvalue weighted by molar-refractivity contribution is -0.129. The van der Waals surface area contributed by atoms with E-state index in [4.69, 9.17) is 5.73 Å². The highest BCUT2D eigenvalue weighted by atomic mass is 35.5. The molecular weight excluding hydrogens is 384 g/mol. The number of amides is 1. The van der Waals surface area contributed by atoms with Gasteiger partial charge in [0.25, 0.3) is 5.56 Å². The largest absolute Gasteiger partial charge is 0.346 e. The summed E-state index contributed by atoms with van der Waals surface area (Å²) < 4.78 is 0. The van der Waals surface area contributed by atoms with Crippen molar-refractivity contribution in [3.05, 3.63) is 40.4 Å². The number of nitrogens with two attached hydrogens (primary N) is 1. The SMILES string of the molecule is CC(C)C(N)CCN(C)C(=O)CCSCc1nc2ccccc2c(=O)[nH]1.Cl. The number of benzene rings is 1. The van der Waals surface area contributed by atoms with Crippen molar-refractivity contribution in [1.82, 2.24) is 14.9 Å². The first-order chi connectivity index (χ1) is 12.4. The molecule has 3 N–H and O–H groups in total. The molecule has 27 heavy (non-hydrogen) atoms. The zero-order valence-electron chi connectivity index (χ0n) is 16.1. The number of thioether (sulfide) groups is 1. The number of hydrogen-bond donors (Lipinski definition) is 2. The second kappa shape index (κ2) is 11.3. The molecule has 0 bridgehead atoms. The van der Waals surface area contributed by atoms with Gasteiger partial charge in [0.05, 0.1) is 16.7 Å². The zero-order valence-corrected chi connectivity index (χ0v) is 17.7. The van der Waals surface area contributed by atoms with E-state index in [1.54, 1.807) is 22.7 Å². The van der Waals surface area contributed by atoms with Gasteiger partial charge in [-0.15, -0.1) is 12.4 Å². The Morgan fingerprint density at radius 1 is 1.33 bits per heavy atom. The number of H-pyrrole nitrogens is 1. The van der Waals surface area contributed by atoms with Crippen LogP contribution in [-0.4, -0.2) is 46.2 Å². The fourth-order valence-electron chi connectivity index (χ4n) is 2.52. The van der Waals surface area contributed by atoms with Crippen LogP contribution in [0.1, 0.15) is 32.5 Å². The van der Waals surface area contributed by atoms with E-state index in [9.17, 15) is 9.59 Å². The number of fused-ring (bicyclic) bond motifs is 1. The molecule has 1 aromatic heterocycles. The van der Waals surface area contributed by atoms with E-state index in [1.807, 2.05) is 25.2 Å². The van der Waals surface area contributed by atoms with Crippen molar-refractivity contribution in [2.24, 2.45) is 11.7 Å². The minimum absolute atomic E-state index is 0. The summed E-state index contributed by atoms with van der Waals surface area (Å²) >= 11 is 1.59. The molecule has 0 aliphatic rings. The first kappa shape index (κ1) is 23.5. The lowest BCUT2D eigenvalue weighted by Crippen LogP contribution is -2.34. The topological polar surface area (TPSA) is 92.1 Å². The quantitative estimate of drug-likeness (QED) is 0.618. The molecule has 0 radical (unpaired) electrons. The standard InChI is InChI=1S/C19H28N4O2S.ClH/c1-13(2)15(20)8-10-23(3)18(24)9-11-26-12-17-21-16-7-5-4-6-14(16)19(25)22-17;/h4-7,13,15H,8-12,20H2,1-3H3,(H,21,22,25);1H. The van der Waals surface area contributed by atoms with Crippen molar-refractivity contribution in [3.63, 3.8) is 0 Å². The van der Waals surface area contributed by atoms with Gasteiger partial charge in [0, 0.05) is 31.8 Å². The predicted octanol–water partition coefficient (Wildman–Crippen LogP) is 2.80. The molecule has 0 fully saturated rings. The highest BCUT2D eigenvalue weighted by Gasteiger charge is 2.13. The maximum Gasteiger partial charge on any atom is 0.258 e. The van der Waals surface area contributed by atoms with Crippen molar-refractivity contribution in [1.29, 1.82) is 0 Å². The van der Waals surface area contributed by atoms with Crippen molar-refractivity contribution < 1.29 is 4.79 Å². The Labute approximate surface area is 170 Å². The fourth-order valence-corrected chi connectivity index (χ4v) is 3.32. The second-order valence-corrected chi connectivity index (χ2v) is 7.95. The Bertz CT molecular complexity index is 797.